The number of hydrogen-bond donors (Lipinski definition) is 1. The van der Waals surface area contributed by atoms with E-state index >= 15 is 0 Å². The van der Waals surface area contributed by atoms with Crippen molar-refractivity contribution < 1.29 is 4.39 Å². The van der Waals surface area contributed by atoms with Crippen LogP contribution in [-0.4, -0.2) is 38.1 Å². The summed E-state index contributed by atoms with van der Waals surface area (Å²) in [5.41, 5.74) is 7.69. The van der Waals surface area contributed by atoms with E-state index in [0.717, 1.165) is 12.2 Å². The zero-order valence-electron chi connectivity index (χ0n) is 13.0. The second-order valence-corrected chi connectivity index (χ2v) is 6.29. The van der Waals surface area contributed by atoms with Crippen LogP contribution in [0.1, 0.15) is 37.8 Å². The number of likely N-dealkylation sites (N-methyl/N-ethyl adjacent to an activating group) is 2. The predicted octanol–water partition coefficient (Wildman–Crippen LogP) is 2.77. The Morgan fingerprint density at radius 1 is 1.30 bits per heavy atom. The Balaban J connectivity index is 2.25. The maximum atomic E-state index is 14.0. The highest BCUT2D eigenvalue weighted by atomic mass is 19.1. The van der Waals surface area contributed by atoms with Gasteiger partial charge in [-0.05, 0) is 52.4 Å². The van der Waals surface area contributed by atoms with Crippen LogP contribution in [0.25, 0.3) is 0 Å². The molecular formula is C16H26FN3. The number of nitrogens with zero attached hydrogens (tertiary/aromatic N) is 2. The van der Waals surface area contributed by atoms with Crippen LogP contribution in [0.15, 0.2) is 18.2 Å². The van der Waals surface area contributed by atoms with Gasteiger partial charge in [-0.3, -0.25) is 0 Å². The third kappa shape index (κ3) is 2.67. The van der Waals surface area contributed by atoms with Crippen molar-refractivity contribution in [2.45, 2.75) is 37.8 Å². The number of rotatable bonds is 5. The fourth-order valence-electron chi connectivity index (χ4n) is 3.17. The minimum absolute atomic E-state index is 0.211. The molecule has 1 aliphatic carbocycles. The van der Waals surface area contributed by atoms with Crippen LogP contribution >= 0.6 is 0 Å². The fraction of sp³-hybridized carbons (Fsp3) is 0.625. The number of benzene rings is 1. The molecule has 1 aromatic carbocycles. The number of halogens is 1. The van der Waals surface area contributed by atoms with Crippen molar-refractivity contribution in [1.29, 1.82) is 0 Å². The summed E-state index contributed by atoms with van der Waals surface area (Å²) < 4.78 is 14.0. The van der Waals surface area contributed by atoms with Crippen LogP contribution in [0.4, 0.5) is 10.1 Å². The van der Waals surface area contributed by atoms with E-state index in [1.54, 1.807) is 6.07 Å². The molecule has 0 aliphatic heterocycles. The van der Waals surface area contributed by atoms with E-state index in [2.05, 4.69) is 23.9 Å². The van der Waals surface area contributed by atoms with Gasteiger partial charge in [-0.1, -0.05) is 6.07 Å². The molecule has 3 nitrogen and oxygen atoms in total. The lowest BCUT2D eigenvalue weighted by Crippen LogP contribution is -2.56. The van der Waals surface area contributed by atoms with Crippen LogP contribution in [-0.2, 0) is 0 Å². The van der Waals surface area contributed by atoms with E-state index in [9.17, 15) is 4.39 Å². The zero-order chi connectivity index (χ0) is 14.9. The summed E-state index contributed by atoms with van der Waals surface area (Å²) in [5.74, 6) is -0.211. The highest BCUT2D eigenvalue weighted by Crippen LogP contribution is 2.38. The third-order valence-corrected chi connectivity index (χ3v) is 4.66. The van der Waals surface area contributed by atoms with Gasteiger partial charge in [0, 0.05) is 36.4 Å². The molecule has 1 aliphatic rings. The summed E-state index contributed by atoms with van der Waals surface area (Å²) in [6, 6.07) is 4.91. The van der Waals surface area contributed by atoms with E-state index in [4.69, 9.17) is 5.73 Å². The molecule has 0 spiro atoms. The van der Waals surface area contributed by atoms with Crippen LogP contribution < -0.4 is 10.6 Å². The standard InChI is InChI=1S/C16H26FN3/c1-12(18)15-13(17)7-5-8-14(15)20(4)11-16(19(2)3)9-6-10-16/h5,7-8,12H,6,9-11,18H2,1-4H3/t12-/m0/s1. The Labute approximate surface area is 121 Å². The van der Waals surface area contributed by atoms with Crippen LogP contribution in [0, 0.1) is 5.82 Å². The lowest BCUT2D eigenvalue weighted by atomic mass is 9.75. The Morgan fingerprint density at radius 3 is 2.40 bits per heavy atom. The first-order chi connectivity index (χ1) is 9.37. The van der Waals surface area contributed by atoms with E-state index in [1.165, 1.54) is 25.3 Å². The Kier molecular flexibility index (Phi) is 4.35. The molecule has 0 bridgehead atoms. The molecule has 0 radical (unpaired) electrons. The lowest BCUT2D eigenvalue weighted by Gasteiger charge is -2.49. The number of hydrogen-bond acceptors (Lipinski definition) is 3. The average molecular weight is 279 g/mol. The van der Waals surface area contributed by atoms with Crippen LogP contribution in [0.3, 0.4) is 0 Å². The second kappa shape index (κ2) is 5.70. The van der Waals surface area contributed by atoms with Crippen LogP contribution in [0.5, 0.6) is 0 Å². The molecule has 1 atom stereocenters. The first-order valence-corrected chi connectivity index (χ1v) is 7.30. The smallest absolute Gasteiger partial charge is 0.130 e. The van der Waals surface area contributed by atoms with Gasteiger partial charge in [0.15, 0.2) is 0 Å². The maximum absolute atomic E-state index is 14.0. The molecule has 20 heavy (non-hydrogen) atoms. The third-order valence-electron chi connectivity index (χ3n) is 4.66. The number of nitrogens with two attached hydrogens (primary N) is 1. The van der Waals surface area contributed by atoms with Gasteiger partial charge in [0.1, 0.15) is 5.82 Å². The fourth-order valence-corrected chi connectivity index (χ4v) is 3.17. The molecule has 1 aromatic rings. The van der Waals surface area contributed by atoms with Gasteiger partial charge in [-0.15, -0.1) is 0 Å². The molecule has 0 heterocycles. The second-order valence-electron chi connectivity index (χ2n) is 6.29. The van der Waals surface area contributed by atoms with E-state index in [-0.39, 0.29) is 17.4 Å². The van der Waals surface area contributed by atoms with Gasteiger partial charge >= 0.3 is 0 Å². The molecule has 0 unspecified atom stereocenters. The minimum atomic E-state index is -0.301. The van der Waals surface area contributed by atoms with Crippen molar-refractivity contribution in [2.24, 2.45) is 5.73 Å². The highest BCUT2D eigenvalue weighted by Gasteiger charge is 2.40. The van der Waals surface area contributed by atoms with Gasteiger partial charge in [0.25, 0.3) is 0 Å². The zero-order valence-corrected chi connectivity index (χ0v) is 13.0. The summed E-state index contributed by atoms with van der Waals surface area (Å²) in [6.07, 6.45) is 3.68. The molecular weight excluding hydrogens is 253 g/mol. The molecule has 0 amide bonds. The first-order valence-electron chi connectivity index (χ1n) is 7.30. The lowest BCUT2D eigenvalue weighted by molar-refractivity contribution is 0.0682. The monoisotopic (exact) mass is 279 g/mol. The van der Waals surface area contributed by atoms with E-state index < -0.39 is 0 Å². The van der Waals surface area contributed by atoms with Gasteiger partial charge < -0.3 is 15.5 Å². The molecule has 4 heteroatoms. The summed E-state index contributed by atoms with van der Waals surface area (Å²) in [6.45, 7) is 2.74. The summed E-state index contributed by atoms with van der Waals surface area (Å²) in [7, 11) is 6.29. The van der Waals surface area contributed by atoms with E-state index in [1.807, 2.05) is 20.0 Å². The summed E-state index contributed by atoms with van der Waals surface area (Å²) in [5, 5.41) is 0. The van der Waals surface area contributed by atoms with Crippen molar-refractivity contribution >= 4 is 5.69 Å². The summed E-state index contributed by atoms with van der Waals surface area (Å²) in [4.78, 5) is 4.46. The van der Waals surface area contributed by atoms with Crippen LogP contribution in [0.2, 0.25) is 0 Å². The topological polar surface area (TPSA) is 32.5 Å². The first kappa shape index (κ1) is 15.3. The normalized spacial score (nSPS) is 18.8. The number of anilines is 1. The Morgan fingerprint density at radius 2 is 1.95 bits per heavy atom. The SMILES string of the molecule is C[C@H](N)c1c(F)cccc1N(C)CC1(N(C)C)CCC1. The predicted molar refractivity (Wildman–Crippen MR) is 82.5 cm³/mol. The Bertz CT molecular complexity index is 467. The Hall–Kier alpha value is -1.13. The maximum Gasteiger partial charge on any atom is 0.130 e. The minimum Gasteiger partial charge on any atom is -0.372 e. The van der Waals surface area contributed by atoms with Crippen molar-refractivity contribution in [3.05, 3.63) is 29.6 Å². The van der Waals surface area contributed by atoms with Crippen molar-refractivity contribution in [3.63, 3.8) is 0 Å². The van der Waals surface area contributed by atoms with Crippen molar-refractivity contribution in [1.82, 2.24) is 4.90 Å². The van der Waals surface area contributed by atoms with Crippen molar-refractivity contribution in [2.75, 3.05) is 32.6 Å². The molecule has 2 N–H and O–H groups in total. The van der Waals surface area contributed by atoms with Crippen molar-refractivity contribution in [3.8, 4) is 0 Å². The summed E-state index contributed by atoms with van der Waals surface area (Å²) >= 11 is 0. The molecule has 1 saturated carbocycles. The van der Waals surface area contributed by atoms with Gasteiger partial charge in [0.05, 0.1) is 0 Å². The van der Waals surface area contributed by atoms with Gasteiger partial charge in [-0.25, -0.2) is 4.39 Å². The quantitative estimate of drug-likeness (QED) is 0.899. The largest absolute Gasteiger partial charge is 0.372 e. The molecule has 1 fully saturated rings. The molecule has 0 aromatic heterocycles. The molecule has 0 saturated heterocycles. The van der Waals surface area contributed by atoms with Gasteiger partial charge in [-0.2, -0.15) is 0 Å². The van der Waals surface area contributed by atoms with E-state index in [0.29, 0.717) is 5.56 Å². The molecule has 112 valence electrons. The molecule has 2 rings (SSSR count). The average Bonchev–Trinajstić information content (AvgIpc) is 2.32. The van der Waals surface area contributed by atoms with Gasteiger partial charge in [0.2, 0.25) is 0 Å². The highest BCUT2D eigenvalue weighted by molar-refractivity contribution is 5.55.